The molecule has 2 heterocycles. The van der Waals surface area contributed by atoms with Crippen molar-refractivity contribution >= 4 is 22.9 Å². The van der Waals surface area contributed by atoms with Crippen LogP contribution in [0.15, 0.2) is 64.6 Å². The van der Waals surface area contributed by atoms with Crippen molar-refractivity contribution in [2.24, 2.45) is 0 Å². The van der Waals surface area contributed by atoms with Crippen molar-refractivity contribution in [3.8, 4) is 0 Å². The van der Waals surface area contributed by atoms with Crippen molar-refractivity contribution in [3.63, 3.8) is 0 Å². The maximum absolute atomic E-state index is 12.9. The lowest BCUT2D eigenvalue weighted by atomic mass is 10.1. The quantitative estimate of drug-likeness (QED) is 0.499. The number of carbonyl (C=O) groups is 1. The zero-order chi connectivity index (χ0) is 16.9. The summed E-state index contributed by atoms with van der Waals surface area (Å²) in [5.41, 5.74) is -0.122. The molecule has 6 nitrogen and oxygen atoms in total. The van der Waals surface area contributed by atoms with E-state index in [1.54, 1.807) is 29.2 Å². The Bertz CT molecular complexity index is 792. The maximum Gasteiger partial charge on any atom is 0.282 e. The lowest BCUT2D eigenvalue weighted by Crippen LogP contribution is -2.30. The number of nitrogens with zero attached hydrogens (tertiary/aromatic N) is 2. The first-order valence-corrected chi connectivity index (χ1v) is 8.10. The molecule has 3 rings (SSSR count). The third-order valence-electron chi connectivity index (χ3n) is 3.47. The predicted molar refractivity (Wildman–Crippen MR) is 89.7 cm³/mol. The number of nitro benzene ring substituents is 1. The van der Waals surface area contributed by atoms with Gasteiger partial charge in [-0.15, -0.1) is 11.3 Å². The van der Waals surface area contributed by atoms with Crippen LogP contribution in [-0.2, 0) is 13.1 Å². The number of amides is 1. The van der Waals surface area contributed by atoms with Crippen LogP contribution in [0.3, 0.4) is 0 Å². The highest BCUT2D eigenvalue weighted by Gasteiger charge is 2.25. The molecule has 2 aromatic heterocycles. The van der Waals surface area contributed by atoms with Gasteiger partial charge in [0, 0.05) is 10.9 Å². The maximum atomic E-state index is 12.9. The van der Waals surface area contributed by atoms with Gasteiger partial charge in [0.25, 0.3) is 11.6 Å². The smallest absolute Gasteiger partial charge is 0.282 e. The molecule has 0 saturated heterocycles. The molecular weight excluding hydrogens is 328 g/mol. The molecule has 0 unspecified atom stereocenters. The van der Waals surface area contributed by atoms with Crippen molar-refractivity contribution in [2.45, 2.75) is 13.1 Å². The van der Waals surface area contributed by atoms with Gasteiger partial charge in [0.05, 0.1) is 24.3 Å². The van der Waals surface area contributed by atoms with E-state index in [0.717, 1.165) is 4.88 Å². The Morgan fingerprint density at radius 3 is 2.62 bits per heavy atom. The van der Waals surface area contributed by atoms with Gasteiger partial charge in [0.1, 0.15) is 11.3 Å². The largest absolute Gasteiger partial charge is 0.467 e. The third-order valence-corrected chi connectivity index (χ3v) is 4.33. The Hall–Kier alpha value is -2.93. The molecule has 1 aromatic carbocycles. The van der Waals surface area contributed by atoms with Crippen LogP contribution in [0.5, 0.6) is 0 Å². The SMILES string of the molecule is O=C(c1ccccc1[N+](=O)[O-])N(Cc1ccco1)Cc1cccs1. The van der Waals surface area contributed by atoms with Crippen LogP contribution < -0.4 is 0 Å². The summed E-state index contributed by atoms with van der Waals surface area (Å²) in [6.45, 7) is 0.610. The average molecular weight is 342 g/mol. The van der Waals surface area contributed by atoms with Crippen molar-refractivity contribution in [1.29, 1.82) is 0 Å². The summed E-state index contributed by atoms with van der Waals surface area (Å²) in [5, 5.41) is 13.1. The summed E-state index contributed by atoms with van der Waals surface area (Å²) < 4.78 is 5.32. The highest BCUT2D eigenvalue weighted by Crippen LogP contribution is 2.23. The Balaban J connectivity index is 1.92. The second-order valence-electron chi connectivity index (χ2n) is 5.09. The summed E-state index contributed by atoms with van der Waals surface area (Å²) in [7, 11) is 0. The molecule has 0 aliphatic heterocycles. The predicted octanol–water partition coefficient (Wildman–Crippen LogP) is 4.09. The first-order chi connectivity index (χ1) is 11.6. The fraction of sp³-hybridized carbons (Fsp3) is 0.118. The lowest BCUT2D eigenvalue weighted by Gasteiger charge is -2.21. The Morgan fingerprint density at radius 2 is 1.96 bits per heavy atom. The fourth-order valence-electron chi connectivity index (χ4n) is 2.36. The number of carbonyl (C=O) groups excluding carboxylic acids is 1. The van der Waals surface area contributed by atoms with Crippen LogP contribution in [0, 0.1) is 10.1 Å². The van der Waals surface area contributed by atoms with Crippen LogP contribution in [0.25, 0.3) is 0 Å². The number of para-hydroxylation sites is 1. The molecule has 24 heavy (non-hydrogen) atoms. The average Bonchev–Trinajstić information content (AvgIpc) is 3.27. The number of benzene rings is 1. The highest BCUT2D eigenvalue weighted by molar-refractivity contribution is 7.09. The summed E-state index contributed by atoms with van der Waals surface area (Å²) >= 11 is 1.53. The van der Waals surface area contributed by atoms with Gasteiger partial charge in [-0.1, -0.05) is 18.2 Å². The standard InChI is InChI=1S/C17H14N2O4S/c20-17(15-7-1-2-8-16(15)19(21)22)18(11-13-5-3-9-23-13)12-14-6-4-10-24-14/h1-10H,11-12H2. The third kappa shape index (κ3) is 3.52. The molecule has 0 saturated carbocycles. The van der Waals surface area contributed by atoms with Crippen LogP contribution in [0.2, 0.25) is 0 Å². The van der Waals surface area contributed by atoms with Crippen molar-refractivity contribution < 1.29 is 14.1 Å². The molecule has 7 heteroatoms. The van der Waals surface area contributed by atoms with E-state index < -0.39 is 10.8 Å². The van der Waals surface area contributed by atoms with Crippen LogP contribution in [0.4, 0.5) is 5.69 Å². The Labute approximate surface area is 142 Å². The topological polar surface area (TPSA) is 76.6 Å². The van der Waals surface area contributed by atoms with E-state index in [1.165, 1.54) is 29.7 Å². The van der Waals surface area contributed by atoms with E-state index in [9.17, 15) is 14.9 Å². The summed E-state index contributed by atoms with van der Waals surface area (Å²) in [5.74, 6) is 0.227. The monoisotopic (exact) mass is 342 g/mol. The van der Waals surface area contributed by atoms with Crippen molar-refractivity contribution in [3.05, 3.63) is 86.5 Å². The van der Waals surface area contributed by atoms with E-state index in [0.29, 0.717) is 12.3 Å². The normalized spacial score (nSPS) is 10.5. The molecule has 3 aromatic rings. The fourth-order valence-corrected chi connectivity index (χ4v) is 3.08. The summed E-state index contributed by atoms with van der Waals surface area (Å²) in [4.78, 5) is 26.1. The number of thiophene rings is 1. The summed E-state index contributed by atoms with van der Waals surface area (Å²) in [6.07, 6.45) is 1.54. The van der Waals surface area contributed by atoms with Crippen molar-refractivity contribution in [1.82, 2.24) is 4.90 Å². The minimum absolute atomic E-state index is 0.0746. The molecule has 0 radical (unpaired) electrons. The van der Waals surface area contributed by atoms with Crippen LogP contribution >= 0.6 is 11.3 Å². The molecule has 0 N–H and O–H groups in total. The van der Waals surface area contributed by atoms with Gasteiger partial charge in [-0.05, 0) is 29.6 Å². The first-order valence-electron chi connectivity index (χ1n) is 7.22. The van der Waals surface area contributed by atoms with Gasteiger partial charge >= 0.3 is 0 Å². The van der Waals surface area contributed by atoms with Crippen LogP contribution in [-0.4, -0.2) is 15.7 Å². The Kier molecular flexibility index (Phi) is 4.72. The van der Waals surface area contributed by atoms with Gasteiger partial charge in [0.15, 0.2) is 0 Å². The molecule has 0 aliphatic rings. The van der Waals surface area contributed by atoms with E-state index >= 15 is 0 Å². The zero-order valence-corrected chi connectivity index (χ0v) is 13.4. The highest BCUT2D eigenvalue weighted by atomic mass is 32.1. The van der Waals surface area contributed by atoms with Crippen LogP contribution in [0.1, 0.15) is 21.0 Å². The van der Waals surface area contributed by atoms with E-state index in [2.05, 4.69) is 0 Å². The number of furan rings is 1. The molecule has 1 amide bonds. The molecule has 0 atom stereocenters. The number of rotatable bonds is 6. The lowest BCUT2D eigenvalue weighted by molar-refractivity contribution is -0.385. The minimum Gasteiger partial charge on any atom is -0.467 e. The second kappa shape index (κ2) is 7.10. The van der Waals surface area contributed by atoms with E-state index in [4.69, 9.17) is 4.42 Å². The molecule has 0 spiro atoms. The Morgan fingerprint density at radius 1 is 1.12 bits per heavy atom. The minimum atomic E-state index is -0.538. The van der Waals surface area contributed by atoms with E-state index in [-0.39, 0.29) is 17.8 Å². The second-order valence-corrected chi connectivity index (χ2v) is 6.13. The zero-order valence-electron chi connectivity index (χ0n) is 12.6. The molecule has 0 bridgehead atoms. The summed E-state index contributed by atoms with van der Waals surface area (Å²) in [6, 6.07) is 13.3. The van der Waals surface area contributed by atoms with Gasteiger partial charge in [-0.2, -0.15) is 0 Å². The molecule has 0 fully saturated rings. The number of nitro groups is 1. The van der Waals surface area contributed by atoms with Gasteiger partial charge in [0.2, 0.25) is 0 Å². The van der Waals surface area contributed by atoms with Gasteiger partial charge < -0.3 is 9.32 Å². The van der Waals surface area contributed by atoms with Gasteiger partial charge in [-0.3, -0.25) is 14.9 Å². The van der Waals surface area contributed by atoms with Crippen molar-refractivity contribution in [2.75, 3.05) is 0 Å². The van der Waals surface area contributed by atoms with Gasteiger partial charge in [-0.25, -0.2) is 0 Å². The molecular formula is C17H14N2O4S. The molecule has 122 valence electrons. The number of hydrogen-bond donors (Lipinski definition) is 0. The van der Waals surface area contributed by atoms with E-state index in [1.807, 2.05) is 17.5 Å². The number of hydrogen-bond acceptors (Lipinski definition) is 5. The first kappa shape index (κ1) is 15.9. The molecule has 0 aliphatic carbocycles.